The lowest BCUT2D eigenvalue weighted by molar-refractivity contribution is -0.136. The first-order valence-corrected chi connectivity index (χ1v) is 11.7. The summed E-state index contributed by atoms with van der Waals surface area (Å²) in [7, 11) is 1.66. The van der Waals surface area contributed by atoms with Crippen LogP contribution in [0.1, 0.15) is 84.9 Å². The molecule has 0 spiro atoms. The van der Waals surface area contributed by atoms with E-state index in [1.807, 2.05) is 0 Å². The Kier molecular flexibility index (Phi) is 8.57. The van der Waals surface area contributed by atoms with E-state index in [4.69, 9.17) is 0 Å². The molecule has 0 bridgehead atoms. The molecule has 1 saturated heterocycles. The van der Waals surface area contributed by atoms with Crippen LogP contribution in [0.5, 0.6) is 0 Å². The molecule has 33 heavy (non-hydrogen) atoms. The van der Waals surface area contributed by atoms with Gasteiger partial charge in [0.2, 0.25) is 17.7 Å². The van der Waals surface area contributed by atoms with Gasteiger partial charge in [0, 0.05) is 32.1 Å². The molecule has 2 heterocycles. The van der Waals surface area contributed by atoms with Crippen LogP contribution in [0.15, 0.2) is 18.2 Å². The number of unbranched alkanes of at least 4 members (excludes halogenated alkanes) is 6. The highest BCUT2D eigenvalue weighted by Gasteiger charge is 2.45. The van der Waals surface area contributed by atoms with Crippen molar-refractivity contribution in [3.8, 4) is 0 Å². The van der Waals surface area contributed by atoms with E-state index in [-0.39, 0.29) is 30.2 Å². The van der Waals surface area contributed by atoms with Crippen molar-refractivity contribution in [3.63, 3.8) is 0 Å². The van der Waals surface area contributed by atoms with Crippen molar-refractivity contribution >= 4 is 35.2 Å². The summed E-state index contributed by atoms with van der Waals surface area (Å²) in [5, 5.41) is 8.11. The van der Waals surface area contributed by atoms with Crippen LogP contribution in [0.25, 0.3) is 0 Å². The molecule has 9 nitrogen and oxygen atoms in total. The normalized spacial score (nSPS) is 17.7. The molecule has 0 aliphatic carbocycles. The highest BCUT2D eigenvalue weighted by molar-refractivity contribution is 6.25. The lowest BCUT2D eigenvalue weighted by Gasteiger charge is -2.27. The fourth-order valence-electron chi connectivity index (χ4n) is 4.30. The lowest BCUT2D eigenvalue weighted by Crippen LogP contribution is -2.54. The summed E-state index contributed by atoms with van der Waals surface area (Å²) >= 11 is 0. The van der Waals surface area contributed by atoms with E-state index >= 15 is 0 Å². The molecule has 1 fully saturated rings. The molecule has 2 aliphatic rings. The minimum Gasteiger partial charge on any atom is -0.384 e. The zero-order valence-corrected chi connectivity index (χ0v) is 19.1. The highest BCUT2D eigenvalue weighted by Crippen LogP contribution is 2.32. The van der Waals surface area contributed by atoms with E-state index in [2.05, 4.69) is 16.0 Å². The second-order valence-corrected chi connectivity index (χ2v) is 8.50. The summed E-state index contributed by atoms with van der Waals surface area (Å²) in [5.74, 6) is -1.90. The summed E-state index contributed by atoms with van der Waals surface area (Å²) in [6.45, 7) is 0.674. The predicted molar refractivity (Wildman–Crippen MR) is 123 cm³/mol. The van der Waals surface area contributed by atoms with Crippen molar-refractivity contribution in [1.82, 2.24) is 15.5 Å². The summed E-state index contributed by atoms with van der Waals surface area (Å²) in [6, 6.07) is 4.12. The van der Waals surface area contributed by atoms with Gasteiger partial charge in [-0.1, -0.05) is 38.2 Å². The van der Waals surface area contributed by atoms with Crippen molar-refractivity contribution in [3.05, 3.63) is 29.3 Å². The summed E-state index contributed by atoms with van der Waals surface area (Å²) in [6.07, 6.45) is 8.14. The first-order chi connectivity index (χ1) is 15.9. The monoisotopic (exact) mass is 456 g/mol. The lowest BCUT2D eigenvalue weighted by atomic mass is 10.0. The Hall–Kier alpha value is -3.23. The first-order valence-electron chi connectivity index (χ1n) is 11.7. The molecule has 3 N–H and O–H groups in total. The number of carbonyl (C=O) groups is 5. The molecule has 0 saturated carbocycles. The third-order valence-corrected chi connectivity index (χ3v) is 6.14. The Balaban J connectivity index is 1.45. The number of fused-ring (bicyclic) bond motifs is 1. The van der Waals surface area contributed by atoms with E-state index < -0.39 is 23.8 Å². The van der Waals surface area contributed by atoms with Crippen LogP contribution >= 0.6 is 0 Å². The zero-order valence-electron chi connectivity index (χ0n) is 19.1. The number of nitrogens with zero attached hydrogens (tertiary/aromatic N) is 1. The molecule has 1 aromatic rings. The van der Waals surface area contributed by atoms with Crippen LogP contribution in [0.2, 0.25) is 0 Å². The van der Waals surface area contributed by atoms with Gasteiger partial charge in [-0.25, -0.2) is 0 Å². The second kappa shape index (κ2) is 11.6. The summed E-state index contributed by atoms with van der Waals surface area (Å²) in [4.78, 5) is 61.7. The van der Waals surface area contributed by atoms with Crippen LogP contribution in [0.3, 0.4) is 0 Å². The number of carbonyl (C=O) groups excluding carboxylic acids is 5. The maximum Gasteiger partial charge on any atom is 0.264 e. The van der Waals surface area contributed by atoms with Gasteiger partial charge >= 0.3 is 0 Å². The molecule has 3 rings (SSSR count). The largest absolute Gasteiger partial charge is 0.384 e. The van der Waals surface area contributed by atoms with Crippen LogP contribution in [0.4, 0.5) is 5.69 Å². The fourth-order valence-corrected chi connectivity index (χ4v) is 4.30. The fraction of sp³-hybridized carbons (Fsp3) is 0.542. The van der Waals surface area contributed by atoms with E-state index in [0.717, 1.165) is 49.8 Å². The Morgan fingerprint density at radius 1 is 1.00 bits per heavy atom. The van der Waals surface area contributed by atoms with E-state index in [9.17, 15) is 24.0 Å². The van der Waals surface area contributed by atoms with E-state index in [1.165, 1.54) is 0 Å². The van der Waals surface area contributed by atoms with Gasteiger partial charge in [0.05, 0.1) is 11.1 Å². The number of nitrogens with one attached hydrogen (secondary N) is 3. The van der Waals surface area contributed by atoms with E-state index in [1.54, 1.807) is 25.2 Å². The number of hydrogen-bond donors (Lipinski definition) is 3. The van der Waals surface area contributed by atoms with Gasteiger partial charge < -0.3 is 10.6 Å². The average Bonchev–Trinajstić information content (AvgIpc) is 3.05. The summed E-state index contributed by atoms with van der Waals surface area (Å²) < 4.78 is 0. The minimum absolute atomic E-state index is 0.0916. The average molecular weight is 457 g/mol. The van der Waals surface area contributed by atoms with Crippen LogP contribution in [0, 0.1) is 0 Å². The van der Waals surface area contributed by atoms with Crippen molar-refractivity contribution in [1.29, 1.82) is 0 Å². The number of hydrogen-bond acceptors (Lipinski definition) is 6. The van der Waals surface area contributed by atoms with Gasteiger partial charge in [0.1, 0.15) is 6.04 Å². The quantitative estimate of drug-likeness (QED) is 0.328. The standard InChI is InChI=1S/C24H32N4O5/c1-25-19(29)12-7-5-3-2-4-6-8-15-26-17-11-9-10-16-21(17)24(33)28(23(16)32)18-13-14-20(30)27-22(18)31/h9-11,18,26H,2-8,12-15H2,1H3,(H,25,29)(H,27,30,31). The Bertz CT molecular complexity index is 929. The van der Waals surface area contributed by atoms with Gasteiger partial charge in [0.15, 0.2) is 0 Å². The number of imide groups is 2. The van der Waals surface area contributed by atoms with Gasteiger partial charge in [0.25, 0.3) is 11.8 Å². The van der Waals surface area contributed by atoms with Crippen molar-refractivity contribution in [2.45, 2.75) is 70.3 Å². The third-order valence-electron chi connectivity index (χ3n) is 6.14. The number of anilines is 1. The molecule has 2 aliphatic heterocycles. The molecule has 1 atom stereocenters. The minimum atomic E-state index is -0.959. The molecule has 178 valence electrons. The molecular weight excluding hydrogens is 424 g/mol. The third kappa shape index (κ3) is 5.97. The van der Waals surface area contributed by atoms with Gasteiger partial charge in [-0.2, -0.15) is 0 Å². The first kappa shape index (κ1) is 24.4. The molecule has 0 aromatic heterocycles. The second-order valence-electron chi connectivity index (χ2n) is 8.50. The Morgan fingerprint density at radius 3 is 2.39 bits per heavy atom. The molecule has 9 heteroatoms. The van der Waals surface area contributed by atoms with Crippen LogP contribution in [-0.2, 0) is 14.4 Å². The van der Waals surface area contributed by atoms with Crippen LogP contribution < -0.4 is 16.0 Å². The topological polar surface area (TPSA) is 125 Å². The zero-order chi connectivity index (χ0) is 23.8. The molecule has 0 radical (unpaired) electrons. The van der Waals surface area contributed by atoms with Gasteiger partial charge in [-0.15, -0.1) is 0 Å². The maximum atomic E-state index is 13.1. The van der Waals surface area contributed by atoms with E-state index in [0.29, 0.717) is 24.2 Å². The SMILES string of the molecule is CNC(=O)CCCCCCCCCNc1cccc2c1C(=O)N(C1CCC(=O)NC1=O)C2=O. The van der Waals surface area contributed by atoms with Crippen LogP contribution in [-0.4, -0.2) is 54.1 Å². The Labute approximate surface area is 193 Å². The van der Waals surface area contributed by atoms with Crippen molar-refractivity contribution < 1.29 is 24.0 Å². The molecule has 1 unspecified atom stereocenters. The molecular formula is C24H32N4O5. The maximum absolute atomic E-state index is 13.1. The predicted octanol–water partition coefficient (Wildman–Crippen LogP) is 2.37. The Morgan fingerprint density at radius 2 is 1.70 bits per heavy atom. The number of rotatable bonds is 12. The molecule has 1 aromatic carbocycles. The summed E-state index contributed by atoms with van der Waals surface area (Å²) in [5.41, 5.74) is 1.17. The number of benzene rings is 1. The number of amides is 5. The van der Waals surface area contributed by atoms with Gasteiger partial charge in [-0.05, 0) is 31.4 Å². The van der Waals surface area contributed by atoms with Crippen molar-refractivity contribution in [2.75, 3.05) is 18.9 Å². The smallest absolute Gasteiger partial charge is 0.264 e. The van der Waals surface area contributed by atoms with Gasteiger partial charge in [-0.3, -0.25) is 34.2 Å². The van der Waals surface area contributed by atoms with Crippen molar-refractivity contribution in [2.24, 2.45) is 0 Å². The highest BCUT2D eigenvalue weighted by atomic mass is 16.2. The number of piperidine rings is 1. The molecule has 5 amide bonds.